The molecule has 1 unspecified atom stereocenters. The summed E-state index contributed by atoms with van der Waals surface area (Å²) in [6, 6.07) is 4.40. The highest BCUT2D eigenvalue weighted by Gasteiger charge is 2.41. The Morgan fingerprint density at radius 2 is 1.66 bits per heavy atom. The second-order valence-corrected chi connectivity index (χ2v) is 9.31. The number of hydrogen-bond acceptors (Lipinski definition) is 6. The summed E-state index contributed by atoms with van der Waals surface area (Å²) in [5.41, 5.74) is -1.88. The lowest BCUT2D eigenvalue weighted by molar-refractivity contribution is -0.134. The summed E-state index contributed by atoms with van der Waals surface area (Å²) in [5, 5.41) is 22.5. The maximum atomic E-state index is 13.5. The fourth-order valence-electron chi connectivity index (χ4n) is 4.47. The van der Waals surface area contributed by atoms with Gasteiger partial charge in [0.15, 0.2) is 0 Å². The van der Waals surface area contributed by atoms with E-state index in [1.807, 2.05) is 4.90 Å². The molecule has 3 rings (SSSR count). The summed E-state index contributed by atoms with van der Waals surface area (Å²) in [4.78, 5) is 28.9. The number of hydrogen-bond donors (Lipinski definition) is 2. The molecular formula is C23H34FN3O5. The largest absolute Gasteiger partial charge is 0.490 e. The lowest BCUT2D eigenvalue weighted by Crippen LogP contribution is -2.56. The van der Waals surface area contributed by atoms with Crippen molar-refractivity contribution >= 4 is 11.8 Å². The molecule has 0 bridgehead atoms. The zero-order valence-corrected chi connectivity index (χ0v) is 19.1. The van der Waals surface area contributed by atoms with E-state index in [1.54, 1.807) is 22.8 Å². The number of ether oxygens (including phenoxy) is 1. The Balaban J connectivity index is 1.69. The van der Waals surface area contributed by atoms with Crippen LogP contribution in [-0.2, 0) is 9.59 Å². The molecule has 8 nitrogen and oxygen atoms in total. The van der Waals surface area contributed by atoms with Gasteiger partial charge in [-0.15, -0.1) is 0 Å². The van der Waals surface area contributed by atoms with E-state index in [9.17, 15) is 24.2 Å². The van der Waals surface area contributed by atoms with Gasteiger partial charge in [-0.3, -0.25) is 14.5 Å². The van der Waals surface area contributed by atoms with Crippen LogP contribution in [0.1, 0.15) is 32.3 Å². The van der Waals surface area contributed by atoms with Crippen molar-refractivity contribution in [3.05, 3.63) is 29.6 Å². The SMILES string of the molecule is CC(=O)N1CCC(O)(CN2CCN(C(C)=O)CC(O)(COc3ccc(F)c(C)c3)C2)CC1. The first-order valence-corrected chi connectivity index (χ1v) is 11.1. The molecule has 0 spiro atoms. The Hall–Kier alpha value is -2.23. The van der Waals surface area contributed by atoms with Crippen LogP contribution in [0.5, 0.6) is 5.75 Å². The van der Waals surface area contributed by atoms with Crippen molar-refractivity contribution in [2.45, 2.75) is 44.8 Å². The highest BCUT2D eigenvalue weighted by Crippen LogP contribution is 2.26. The first kappa shape index (κ1) is 24.4. The molecule has 2 aliphatic heterocycles. The second-order valence-electron chi connectivity index (χ2n) is 9.31. The van der Waals surface area contributed by atoms with Crippen molar-refractivity contribution in [1.82, 2.24) is 14.7 Å². The number of β-amino-alcohol motifs (C(OH)–C–C–N with tert-alkyl or cyclic N) is 2. The van der Waals surface area contributed by atoms with E-state index in [2.05, 4.69) is 0 Å². The van der Waals surface area contributed by atoms with Crippen molar-refractivity contribution in [1.29, 1.82) is 0 Å². The number of halogens is 1. The zero-order chi connectivity index (χ0) is 23.5. The highest BCUT2D eigenvalue weighted by molar-refractivity contribution is 5.73. The van der Waals surface area contributed by atoms with Crippen LogP contribution in [0.4, 0.5) is 4.39 Å². The third-order valence-corrected chi connectivity index (χ3v) is 6.43. The molecule has 32 heavy (non-hydrogen) atoms. The molecule has 2 heterocycles. The number of amides is 2. The minimum Gasteiger partial charge on any atom is -0.490 e. The van der Waals surface area contributed by atoms with Gasteiger partial charge in [-0.2, -0.15) is 0 Å². The van der Waals surface area contributed by atoms with Gasteiger partial charge in [-0.05, 0) is 43.5 Å². The lowest BCUT2D eigenvalue weighted by Gasteiger charge is -2.41. The summed E-state index contributed by atoms with van der Waals surface area (Å²) in [6.45, 7) is 7.15. The van der Waals surface area contributed by atoms with Crippen LogP contribution in [-0.4, -0.2) is 100 Å². The van der Waals surface area contributed by atoms with E-state index in [4.69, 9.17) is 4.74 Å². The van der Waals surface area contributed by atoms with Crippen molar-refractivity contribution in [2.24, 2.45) is 0 Å². The van der Waals surface area contributed by atoms with Crippen LogP contribution in [0, 0.1) is 12.7 Å². The van der Waals surface area contributed by atoms with E-state index in [0.29, 0.717) is 56.9 Å². The normalized spacial score (nSPS) is 24.2. The summed E-state index contributed by atoms with van der Waals surface area (Å²) < 4.78 is 19.3. The topological polar surface area (TPSA) is 93.6 Å². The first-order valence-electron chi connectivity index (χ1n) is 11.1. The molecule has 1 atom stereocenters. The Bertz CT molecular complexity index is 843. The molecule has 2 amide bonds. The predicted octanol–water partition coefficient (Wildman–Crippen LogP) is 0.782. The van der Waals surface area contributed by atoms with Crippen LogP contribution in [0.2, 0.25) is 0 Å². The number of piperidine rings is 1. The van der Waals surface area contributed by atoms with E-state index in [-0.39, 0.29) is 37.3 Å². The fraction of sp³-hybridized carbons (Fsp3) is 0.652. The van der Waals surface area contributed by atoms with Crippen LogP contribution < -0.4 is 4.74 Å². The average Bonchev–Trinajstić information content (AvgIpc) is 2.88. The third kappa shape index (κ3) is 6.17. The molecule has 9 heteroatoms. The van der Waals surface area contributed by atoms with E-state index < -0.39 is 11.2 Å². The minimum absolute atomic E-state index is 0.00137. The molecule has 0 aliphatic carbocycles. The summed E-state index contributed by atoms with van der Waals surface area (Å²) in [7, 11) is 0. The number of aliphatic hydroxyl groups is 2. The van der Waals surface area contributed by atoms with Gasteiger partial charge in [-0.1, -0.05) is 0 Å². The minimum atomic E-state index is -1.36. The Labute approximate surface area is 188 Å². The van der Waals surface area contributed by atoms with E-state index >= 15 is 0 Å². The molecule has 0 radical (unpaired) electrons. The summed E-state index contributed by atoms with van der Waals surface area (Å²) in [5.74, 6) is -0.0286. The molecule has 1 aromatic carbocycles. The maximum Gasteiger partial charge on any atom is 0.219 e. The molecule has 1 aromatic rings. The average molecular weight is 452 g/mol. The summed E-state index contributed by atoms with van der Waals surface area (Å²) >= 11 is 0. The number of benzene rings is 1. The Morgan fingerprint density at radius 1 is 1.00 bits per heavy atom. The maximum absolute atomic E-state index is 13.5. The number of nitrogens with zero attached hydrogens (tertiary/aromatic N) is 3. The third-order valence-electron chi connectivity index (χ3n) is 6.43. The van der Waals surface area contributed by atoms with Gasteiger partial charge in [0, 0.05) is 53.1 Å². The van der Waals surface area contributed by atoms with Gasteiger partial charge in [0.1, 0.15) is 23.8 Å². The number of aryl methyl sites for hydroxylation is 1. The standard InChI is InChI=1S/C23H34FN3O5/c1-17-12-20(4-5-21(17)24)32-16-23(31)14-25(10-11-27(15-23)19(3)29)13-22(30)6-8-26(9-7-22)18(2)28/h4-5,12,30-31H,6-11,13-16H2,1-3H3. The van der Waals surface area contributed by atoms with Crippen molar-refractivity contribution in [2.75, 3.05) is 52.4 Å². The van der Waals surface area contributed by atoms with Crippen molar-refractivity contribution in [3.63, 3.8) is 0 Å². The van der Waals surface area contributed by atoms with Crippen molar-refractivity contribution in [3.8, 4) is 5.75 Å². The lowest BCUT2D eigenvalue weighted by atomic mass is 9.90. The van der Waals surface area contributed by atoms with Crippen LogP contribution in [0.15, 0.2) is 18.2 Å². The van der Waals surface area contributed by atoms with E-state index in [0.717, 1.165) is 0 Å². The number of carbonyl (C=O) groups excluding carboxylic acids is 2. The fourth-order valence-corrected chi connectivity index (χ4v) is 4.47. The zero-order valence-electron chi connectivity index (χ0n) is 19.1. The van der Waals surface area contributed by atoms with Crippen LogP contribution in [0.25, 0.3) is 0 Å². The number of likely N-dealkylation sites (tertiary alicyclic amines) is 1. The second kappa shape index (κ2) is 9.72. The van der Waals surface area contributed by atoms with Gasteiger partial charge in [-0.25, -0.2) is 4.39 Å². The van der Waals surface area contributed by atoms with Gasteiger partial charge in [0.25, 0.3) is 0 Å². The molecule has 2 saturated heterocycles. The quantitative estimate of drug-likeness (QED) is 0.687. The van der Waals surface area contributed by atoms with E-state index in [1.165, 1.54) is 26.0 Å². The molecule has 178 valence electrons. The Morgan fingerprint density at radius 3 is 2.25 bits per heavy atom. The van der Waals surface area contributed by atoms with Gasteiger partial charge >= 0.3 is 0 Å². The first-order chi connectivity index (χ1) is 15.0. The van der Waals surface area contributed by atoms with Crippen molar-refractivity contribution < 1.29 is 28.9 Å². The number of carbonyl (C=O) groups is 2. The predicted molar refractivity (Wildman–Crippen MR) is 117 cm³/mol. The van der Waals surface area contributed by atoms with Gasteiger partial charge in [0.2, 0.25) is 11.8 Å². The van der Waals surface area contributed by atoms with Crippen LogP contribution >= 0.6 is 0 Å². The molecule has 2 fully saturated rings. The number of rotatable bonds is 5. The molecule has 2 aliphatic rings. The highest BCUT2D eigenvalue weighted by atomic mass is 19.1. The van der Waals surface area contributed by atoms with Gasteiger partial charge < -0.3 is 24.7 Å². The molecule has 0 aromatic heterocycles. The Kier molecular flexibility index (Phi) is 7.42. The van der Waals surface area contributed by atoms with Crippen LogP contribution in [0.3, 0.4) is 0 Å². The summed E-state index contributed by atoms with van der Waals surface area (Å²) in [6.07, 6.45) is 0.923. The smallest absolute Gasteiger partial charge is 0.219 e. The molecule has 0 saturated carbocycles. The molecule has 2 N–H and O–H groups in total. The molecular weight excluding hydrogens is 417 g/mol. The monoisotopic (exact) mass is 451 g/mol. The van der Waals surface area contributed by atoms with Gasteiger partial charge in [0.05, 0.1) is 12.1 Å².